The summed E-state index contributed by atoms with van der Waals surface area (Å²) in [4.78, 5) is 11.2. The lowest BCUT2D eigenvalue weighted by Crippen LogP contribution is -2.38. The predicted octanol–water partition coefficient (Wildman–Crippen LogP) is -0.0166. The van der Waals surface area contributed by atoms with Crippen molar-refractivity contribution in [3.05, 3.63) is 0 Å². The average molecular weight is 406 g/mol. The van der Waals surface area contributed by atoms with Gasteiger partial charge in [0.2, 0.25) is 0 Å². The maximum atomic E-state index is 10.1. The fourth-order valence-electron chi connectivity index (χ4n) is 3.23. The van der Waals surface area contributed by atoms with Gasteiger partial charge < -0.3 is 37.4 Å². The number of hydrogen-bond acceptors (Lipinski definition) is 8. The van der Waals surface area contributed by atoms with Gasteiger partial charge in [0.25, 0.3) is 6.47 Å². The van der Waals surface area contributed by atoms with E-state index in [4.69, 9.17) is 21.5 Å². The summed E-state index contributed by atoms with van der Waals surface area (Å²) in [5, 5.41) is 25.2. The summed E-state index contributed by atoms with van der Waals surface area (Å²) < 4.78 is 0. The van der Waals surface area contributed by atoms with Crippen molar-refractivity contribution in [2.24, 2.45) is 35.1 Å². The van der Waals surface area contributed by atoms with Crippen molar-refractivity contribution in [2.45, 2.75) is 59.5 Å². The van der Waals surface area contributed by atoms with Gasteiger partial charge in [0.1, 0.15) is 0 Å². The summed E-state index contributed by atoms with van der Waals surface area (Å²) in [6.45, 7) is 13.4. The standard InChI is InChI=1S/C19H44N4O.CH2O3/c1-5-17(9-20)7-15(3)11-22-13-19(24)14-23-12-16(4)8-18(6-2)10-21;2-1-4-3/h15-19,22-24H,5-14,20-21H2,1-4H3;1,3H/p-1. The second-order valence-electron chi connectivity index (χ2n) is 7.86. The van der Waals surface area contributed by atoms with E-state index in [1.807, 2.05) is 0 Å². The molecule has 7 N–H and O–H groups in total. The number of carbonyl (C=O) groups is 1. The Labute approximate surface area is 171 Å². The van der Waals surface area contributed by atoms with Crippen molar-refractivity contribution in [2.75, 3.05) is 39.3 Å². The molecule has 0 heterocycles. The van der Waals surface area contributed by atoms with Crippen LogP contribution in [0.1, 0.15) is 53.4 Å². The van der Waals surface area contributed by atoms with E-state index in [0.29, 0.717) is 36.8 Å². The van der Waals surface area contributed by atoms with Crippen LogP contribution in [-0.2, 0) is 9.68 Å². The molecule has 0 radical (unpaired) electrons. The highest BCUT2D eigenvalue weighted by atomic mass is 17.1. The van der Waals surface area contributed by atoms with Crippen molar-refractivity contribution in [1.82, 2.24) is 10.6 Å². The summed E-state index contributed by atoms with van der Waals surface area (Å²) in [5.74, 6) is 2.44. The molecule has 0 aliphatic rings. The van der Waals surface area contributed by atoms with Crippen molar-refractivity contribution in [3.63, 3.8) is 0 Å². The molecule has 4 atom stereocenters. The Morgan fingerprint density at radius 3 is 1.54 bits per heavy atom. The number of carbonyl (C=O) groups excluding carboxylic acids is 1. The molecule has 0 bridgehead atoms. The molecule has 4 unspecified atom stereocenters. The number of aliphatic hydroxyl groups is 1. The minimum absolute atomic E-state index is 0.181. The third-order valence-corrected chi connectivity index (χ3v) is 5.08. The SMILES string of the molecule is CCC(CN)CC(C)CNCC(O)CNCC(C)CC(CC)CN.O=CO[O-]. The fraction of sp³-hybridized carbons (Fsp3) is 0.950. The van der Waals surface area contributed by atoms with Crippen LogP contribution in [0.25, 0.3) is 0 Å². The van der Waals surface area contributed by atoms with Gasteiger partial charge in [0, 0.05) is 13.1 Å². The zero-order valence-electron chi connectivity index (χ0n) is 18.4. The maximum Gasteiger partial charge on any atom is 0.287 e. The average Bonchev–Trinajstić information content (AvgIpc) is 2.70. The molecule has 8 nitrogen and oxygen atoms in total. The van der Waals surface area contributed by atoms with E-state index >= 15 is 0 Å². The van der Waals surface area contributed by atoms with Gasteiger partial charge in [-0.15, -0.1) is 0 Å². The minimum atomic E-state index is -0.336. The largest absolute Gasteiger partial charge is 0.662 e. The third-order valence-electron chi connectivity index (χ3n) is 5.08. The van der Waals surface area contributed by atoms with E-state index in [9.17, 15) is 5.11 Å². The Bertz CT molecular complexity index is 303. The van der Waals surface area contributed by atoms with Crippen LogP contribution >= 0.6 is 0 Å². The normalized spacial score (nSPS) is 16.3. The summed E-state index contributed by atoms with van der Waals surface area (Å²) in [6, 6.07) is 0. The number of hydrogen-bond donors (Lipinski definition) is 5. The van der Waals surface area contributed by atoms with Gasteiger partial charge in [-0.05, 0) is 62.7 Å². The van der Waals surface area contributed by atoms with Gasteiger partial charge in [-0.2, -0.15) is 0 Å². The van der Waals surface area contributed by atoms with Crippen molar-refractivity contribution >= 4 is 6.47 Å². The van der Waals surface area contributed by atoms with E-state index < -0.39 is 0 Å². The van der Waals surface area contributed by atoms with E-state index in [1.165, 1.54) is 0 Å². The molecule has 0 spiro atoms. The minimum Gasteiger partial charge on any atom is -0.662 e. The molecule has 0 aromatic rings. The van der Waals surface area contributed by atoms with Gasteiger partial charge in [-0.25, -0.2) is 0 Å². The first kappa shape index (κ1) is 29.4. The second kappa shape index (κ2) is 21.0. The number of nitrogens with one attached hydrogen (secondary N) is 2. The second-order valence-corrected chi connectivity index (χ2v) is 7.86. The van der Waals surface area contributed by atoms with Crippen LogP contribution in [0.5, 0.6) is 0 Å². The Balaban J connectivity index is 0. The van der Waals surface area contributed by atoms with Crippen LogP contribution < -0.4 is 27.4 Å². The van der Waals surface area contributed by atoms with E-state index in [0.717, 1.165) is 51.9 Å². The highest BCUT2D eigenvalue weighted by molar-refractivity contribution is 5.35. The first-order valence-corrected chi connectivity index (χ1v) is 10.6. The lowest BCUT2D eigenvalue weighted by molar-refractivity contribution is -0.652. The monoisotopic (exact) mass is 405 g/mol. The zero-order valence-corrected chi connectivity index (χ0v) is 18.4. The number of rotatable bonds is 17. The fourth-order valence-corrected chi connectivity index (χ4v) is 3.23. The van der Waals surface area contributed by atoms with Crippen molar-refractivity contribution in [3.8, 4) is 0 Å². The smallest absolute Gasteiger partial charge is 0.287 e. The van der Waals surface area contributed by atoms with E-state index in [2.05, 4.69) is 43.2 Å². The van der Waals surface area contributed by atoms with Crippen LogP contribution in [0.15, 0.2) is 0 Å². The zero-order chi connectivity index (χ0) is 21.8. The molecular weight excluding hydrogens is 360 g/mol. The first-order chi connectivity index (χ1) is 13.4. The van der Waals surface area contributed by atoms with Gasteiger partial charge in [-0.1, -0.05) is 40.5 Å². The van der Waals surface area contributed by atoms with Crippen LogP contribution in [0.2, 0.25) is 0 Å². The third kappa shape index (κ3) is 18.6. The van der Waals surface area contributed by atoms with Crippen LogP contribution in [0.4, 0.5) is 0 Å². The van der Waals surface area contributed by atoms with Crippen LogP contribution in [-0.4, -0.2) is 57.0 Å². The summed E-state index contributed by atoms with van der Waals surface area (Å²) in [6.07, 6.45) is 4.28. The van der Waals surface area contributed by atoms with Crippen LogP contribution in [0, 0.1) is 23.7 Å². The molecule has 0 aromatic carbocycles. The molecule has 8 heteroatoms. The predicted molar refractivity (Wildman–Crippen MR) is 112 cm³/mol. The van der Waals surface area contributed by atoms with E-state index in [-0.39, 0.29) is 12.6 Å². The summed E-state index contributed by atoms with van der Waals surface area (Å²) in [7, 11) is 0. The van der Waals surface area contributed by atoms with Crippen LogP contribution in [0.3, 0.4) is 0 Å². The Kier molecular flexibility index (Phi) is 22.0. The lowest BCUT2D eigenvalue weighted by atomic mass is 9.93. The highest BCUT2D eigenvalue weighted by Gasteiger charge is 2.12. The molecule has 0 fully saturated rings. The molecule has 0 aliphatic heterocycles. The van der Waals surface area contributed by atoms with Crippen molar-refractivity contribution in [1.29, 1.82) is 0 Å². The summed E-state index contributed by atoms with van der Waals surface area (Å²) in [5.41, 5.74) is 11.5. The first-order valence-electron chi connectivity index (χ1n) is 10.6. The molecule has 0 aliphatic carbocycles. The lowest BCUT2D eigenvalue weighted by Gasteiger charge is -2.21. The number of nitrogens with two attached hydrogens (primary N) is 2. The van der Waals surface area contributed by atoms with E-state index in [1.54, 1.807) is 0 Å². The Hall–Kier alpha value is -0.770. The van der Waals surface area contributed by atoms with Gasteiger partial charge in [0.15, 0.2) is 0 Å². The quantitative estimate of drug-likeness (QED) is 0.129. The molecule has 0 amide bonds. The topological polar surface area (TPSA) is 146 Å². The molecular formula is C20H45N4O4-. The molecule has 0 saturated carbocycles. The van der Waals surface area contributed by atoms with Gasteiger partial charge in [-0.3, -0.25) is 4.79 Å². The van der Waals surface area contributed by atoms with Gasteiger partial charge in [0.05, 0.1) is 6.10 Å². The molecule has 0 aromatic heterocycles. The molecule has 0 saturated heterocycles. The van der Waals surface area contributed by atoms with Crippen molar-refractivity contribution < 1.29 is 20.0 Å². The maximum absolute atomic E-state index is 10.1. The van der Waals surface area contributed by atoms with Gasteiger partial charge >= 0.3 is 0 Å². The Morgan fingerprint density at radius 2 is 1.29 bits per heavy atom. The molecule has 0 rings (SSSR count). The highest BCUT2D eigenvalue weighted by Crippen LogP contribution is 2.14. The number of aliphatic hydroxyl groups excluding tert-OH is 1. The summed E-state index contributed by atoms with van der Waals surface area (Å²) >= 11 is 0. The Morgan fingerprint density at radius 1 is 0.929 bits per heavy atom. The molecule has 170 valence electrons. The molecule has 28 heavy (non-hydrogen) atoms.